The molecular weight excluding hydrogens is 142 g/mol. The van der Waals surface area contributed by atoms with E-state index in [0.29, 0.717) is 5.56 Å². The van der Waals surface area contributed by atoms with Gasteiger partial charge in [0.1, 0.15) is 0 Å². The topological polar surface area (TPSA) is 53.2 Å². The van der Waals surface area contributed by atoms with Crippen LogP contribution in [0.25, 0.3) is 0 Å². The van der Waals surface area contributed by atoms with Crippen LogP contribution in [0.5, 0.6) is 0 Å². The Balaban J connectivity index is 2.70. The fourth-order valence-electron chi connectivity index (χ4n) is 0.736. The summed E-state index contributed by atoms with van der Waals surface area (Å²) in [5.74, 6) is 0. The molecule has 1 aromatic carbocycles. The monoisotopic (exact) mass is 149 g/mol. The van der Waals surface area contributed by atoms with Crippen molar-refractivity contribution in [3.8, 4) is 6.26 Å². The Kier molecular flexibility index (Phi) is 2.47. The van der Waals surface area contributed by atoms with Crippen LogP contribution in [0.3, 0.4) is 0 Å². The minimum absolute atomic E-state index is 0.578. The van der Waals surface area contributed by atoms with Crippen LogP contribution in [0.1, 0.15) is 11.9 Å². The van der Waals surface area contributed by atoms with Gasteiger partial charge >= 0.3 is 0 Å². The lowest BCUT2D eigenvalue weighted by Crippen LogP contribution is -1.97. The van der Waals surface area contributed by atoms with Crippen LogP contribution in [0.4, 0.5) is 0 Å². The second kappa shape index (κ2) is 3.59. The number of rotatable bonds is 2. The fraction of sp³-hybridized carbons (Fsp3) is 0.125. The van der Waals surface area contributed by atoms with Crippen molar-refractivity contribution in [2.45, 2.75) is 6.29 Å². The van der Waals surface area contributed by atoms with Crippen LogP contribution in [0.2, 0.25) is 0 Å². The molecule has 1 atom stereocenters. The third kappa shape index (κ3) is 1.95. The van der Waals surface area contributed by atoms with Crippen LogP contribution < -0.4 is 0 Å². The van der Waals surface area contributed by atoms with Crippen molar-refractivity contribution < 1.29 is 9.84 Å². The van der Waals surface area contributed by atoms with Crippen LogP contribution in [0.15, 0.2) is 30.3 Å². The number of hydrogen-bond donors (Lipinski definition) is 1. The molecule has 0 spiro atoms. The molecule has 11 heavy (non-hydrogen) atoms. The molecule has 56 valence electrons. The summed E-state index contributed by atoms with van der Waals surface area (Å²) in [5.41, 5.74) is 0.578. The molecule has 0 aromatic heterocycles. The number of ether oxygens (including phenoxy) is 1. The summed E-state index contributed by atoms with van der Waals surface area (Å²) in [6, 6.07) is 8.71. The van der Waals surface area contributed by atoms with Gasteiger partial charge in [0.15, 0.2) is 0 Å². The minimum atomic E-state index is -1.14. The molecule has 0 saturated heterocycles. The van der Waals surface area contributed by atoms with Crippen molar-refractivity contribution in [3.05, 3.63) is 35.9 Å². The van der Waals surface area contributed by atoms with E-state index in [2.05, 4.69) is 4.74 Å². The smallest absolute Gasteiger partial charge is 0.289 e. The zero-order chi connectivity index (χ0) is 8.10. The summed E-state index contributed by atoms with van der Waals surface area (Å²) in [6.45, 7) is 0. The zero-order valence-corrected chi connectivity index (χ0v) is 5.77. The number of benzene rings is 1. The second-order valence-electron chi connectivity index (χ2n) is 1.97. The molecule has 0 aliphatic heterocycles. The van der Waals surface area contributed by atoms with E-state index in [9.17, 15) is 0 Å². The van der Waals surface area contributed by atoms with Crippen LogP contribution >= 0.6 is 0 Å². The van der Waals surface area contributed by atoms with Gasteiger partial charge in [0.05, 0.1) is 0 Å². The van der Waals surface area contributed by atoms with E-state index >= 15 is 0 Å². The average Bonchev–Trinajstić information content (AvgIpc) is 2.07. The molecule has 0 fully saturated rings. The van der Waals surface area contributed by atoms with Crippen molar-refractivity contribution in [1.82, 2.24) is 0 Å². The third-order valence-electron chi connectivity index (χ3n) is 1.25. The van der Waals surface area contributed by atoms with E-state index < -0.39 is 6.29 Å². The van der Waals surface area contributed by atoms with E-state index in [0.717, 1.165) is 0 Å². The summed E-state index contributed by atoms with van der Waals surface area (Å²) in [6.07, 6.45) is 0.278. The zero-order valence-electron chi connectivity index (χ0n) is 5.77. The van der Waals surface area contributed by atoms with Gasteiger partial charge < -0.3 is 9.84 Å². The van der Waals surface area contributed by atoms with Gasteiger partial charge in [-0.2, -0.15) is 5.26 Å². The first kappa shape index (κ1) is 7.58. The predicted octanol–water partition coefficient (Wildman–Crippen LogP) is 1.18. The van der Waals surface area contributed by atoms with Crippen molar-refractivity contribution >= 4 is 0 Å². The second-order valence-corrected chi connectivity index (χ2v) is 1.97. The van der Waals surface area contributed by atoms with Crippen molar-refractivity contribution in [2.24, 2.45) is 0 Å². The largest absolute Gasteiger partial charge is 0.391 e. The molecule has 1 N–H and O–H groups in total. The number of aliphatic hydroxyl groups is 1. The quantitative estimate of drug-likeness (QED) is 0.507. The maximum absolute atomic E-state index is 9.08. The fourth-order valence-corrected chi connectivity index (χ4v) is 0.736. The summed E-state index contributed by atoms with van der Waals surface area (Å²) < 4.78 is 4.29. The highest BCUT2D eigenvalue weighted by Crippen LogP contribution is 2.11. The lowest BCUT2D eigenvalue weighted by Gasteiger charge is -2.05. The van der Waals surface area contributed by atoms with Gasteiger partial charge in [0.25, 0.3) is 6.26 Å². The Labute approximate surface area is 64.5 Å². The summed E-state index contributed by atoms with van der Waals surface area (Å²) in [7, 11) is 0. The molecular formula is C8H7NO2. The summed E-state index contributed by atoms with van der Waals surface area (Å²) in [4.78, 5) is 0. The van der Waals surface area contributed by atoms with Crippen molar-refractivity contribution in [3.63, 3.8) is 0 Å². The van der Waals surface area contributed by atoms with Gasteiger partial charge in [-0.3, -0.25) is 0 Å². The van der Waals surface area contributed by atoms with Gasteiger partial charge in [0.2, 0.25) is 6.29 Å². The lowest BCUT2D eigenvalue weighted by atomic mass is 10.2. The standard InChI is InChI=1S/C8H7NO2/c9-6-11-8(10)7-4-2-1-3-5-7/h1-5,8,10H. The molecule has 0 aliphatic carbocycles. The minimum Gasteiger partial charge on any atom is -0.391 e. The number of hydrogen-bond acceptors (Lipinski definition) is 3. The molecule has 0 heterocycles. The third-order valence-corrected chi connectivity index (χ3v) is 1.25. The highest BCUT2D eigenvalue weighted by atomic mass is 16.6. The van der Waals surface area contributed by atoms with Gasteiger partial charge in [-0.25, -0.2) is 0 Å². The Morgan fingerprint density at radius 2 is 2.00 bits per heavy atom. The first-order chi connectivity index (χ1) is 5.34. The average molecular weight is 149 g/mol. The molecule has 3 heteroatoms. The van der Waals surface area contributed by atoms with E-state index in [1.165, 1.54) is 6.26 Å². The molecule has 3 nitrogen and oxygen atoms in total. The highest BCUT2D eigenvalue weighted by Gasteiger charge is 2.04. The van der Waals surface area contributed by atoms with Crippen LogP contribution in [0, 0.1) is 11.5 Å². The Morgan fingerprint density at radius 1 is 1.36 bits per heavy atom. The Bertz CT molecular complexity index is 253. The molecule has 1 rings (SSSR count). The van der Waals surface area contributed by atoms with E-state index in [1.54, 1.807) is 24.3 Å². The van der Waals surface area contributed by atoms with E-state index in [-0.39, 0.29) is 0 Å². The van der Waals surface area contributed by atoms with Gasteiger partial charge in [-0.05, 0) is 0 Å². The summed E-state index contributed by atoms with van der Waals surface area (Å²) in [5, 5.41) is 17.1. The van der Waals surface area contributed by atoms with Crippen molar-refractivity contribution in [2.75, 3.05) is 0 Å². The molecule has 0 saturated carbocycles. The van der Waals surface area contributed by atoms with Crippen LogP contribution in [-0.4, -0.2) is 5.11 Å². The normalized spacial score (nSPS) is 11.6. The van der Waals surface area contributed by atoms with Gasteiger partial charge in [-0.15, -0.1) is 0 Å². The Hall–Kier alpha value is -1.53. The maximum atomic E-state index is 9.08. The molecule has 1 aromatic rings. The van der Waals surface area contributed by atoms with E-state index in [4.69, 9.17) is 10.4 Å². The molecule has 1 unspecified atom stereocenters. The SMILES string of the molecule is N#COC(O)c1ccccc1. The number of nitriles is 1. The van der Waals surface area contributed by atoms with Gasteiger partial charge in [0, 0.05) is 5.56 Å². The highest BCUT2D eigenvalue weighted by molar-refractivity contribution is 5.15. The maximum Gasteiger partial charge on any atom is 0.289 e. The first-order valence-corrected chi connectivity index (χ1v) is 3.12. The lowest BCUT2D eigenvalue weighted by molar-refractivity contribution is -0.0445. The van der Waals surface area contributed by atoms with E-state index in [1.807, 2.05) is 6.07 Å². The predicted molar refractivity (Wildman–Crippen MR) is 38.1 cm³/mol. The molecule has 0 aliphatic rings. The Morgan fingerprint density at radius 3 is 2.55 bits per heavy atom. The van der Waals surface area contributed by atoms with Crippen molar-refractivity contribution in [1.29, 1.82) is 5.26 Å². The number of nitrogens with zero attached hydrogens (tertiary/aromatic N) is 1. The number of aliphatic hydroxyl groups excluding tert-OH is 1. The molecule has 0 radical (unpaired) electrons. The molecule has 0 amide bonds. The van der Waals surface area contributed by atoms with Gasteiger partial charge in [-0.1, -0.05) is 30.3 Å². The van der Waals surface area contributed by atoms with Crippen LogP contribution in [-0.2, 0) is 4.74 Å². The first-order valence-electron chi connectivity index (χ1n) is 3.12. The summed E-state index contributed by atoms with van der Waals surface area (Å²) >= 11 is 0. The molecule has 0 bridgehead atoms.